The Labute approximate surface area is 166 Å². The monoisotopic (exact) mass is 574 g/mol. The highest BCUT2D eigenvalue weighted by atomic mass is 79.9. The zero-order valence-electron chi connectivity index (χ0n) is 11.5. The number of aliphatic hydroxyl groups excluding tert-OH is 1. The van der Waals surface area contributed by atoms with E-state index in [9.17, 15) is 9.59 Å². The average molecular weight is 578 g/mol. The topological polar surface area (TPSA) is 72.8 Å². The third kappa shape index (κ3) is 4.91. The van der Waals surface area contributed by atoms with Crippen LogP contribution in [0.3, 0.4) is 0 Å². The van der Waals surface area contributed by atoms with Crippen molar-refractivity contribution in [2.45, 2.75) is 0 Å². The van der Waals surface area contributed by atoms with Gasteiger partial charge in [0.25, 0.3) is 0 Å². The number of benzene rings is 1. The molecule has 0 radical (unpaired) electrons. The first kappa shape index (κ1) is 20.4. The van der Waals surface area contributed by atoms with Crippen LogP contribution >= 0.6 is 63.7 Å². The van der Waals surface area contributed by atoms with Gasteiger partial charge in [0.05, 0.1) is 11.1 Å². The van der Waals surface area contributed by atoms with Gasteiger partial charge < -0.3 is 14.6 Å². The van der Waals surface area contributed by atoms with Gasteiger partial charge in [0.1, 0.15) is 19.0 Å². The molecular weight excluding hydrogens is 568 g/mol. The summed E-state index contributed by atoms with van der Waals surface area (Å²) in [5.74, 6) is -1.88. The highest BCUT2D eigenvalue weighted by Crippen LogP contribution is 2.42. The Morgan fingerprint density at radius 2 is 1.39 bits per heavy atom. The lowest BCUT2D eigenvalue weighted by molar-refractivity contribution is 0.0472. The lowest BCUT2D eigenvalue weighted by atomic mass is 10.1. The molecule has 0 unspecified atom stereocenters. The molecule has 0 bridgehead atoms. The van der Waals surface area contributed by atoms with Crippen molar-refractivity contribution in [1.82, 2.24) is 0 Å². The maximum absolute atomic E-state index is 12.3. The van der Waals surface area contributed by atoms with Crippen LogP contribution in [-0.4, -0.2) is 30.3 Å². The Balaban J connectivity index is 3.46. The Morgan fingerprint density at radius 3 is 1.78 bits per heavy atom. The Morgan fingerprint density at radius 1 is 0.957 bits per heavy atom. The number of esters is 2. The number of carbonyl (C=O) groups is 2. The zero-order valence-corrected chi connectivity index (χ0v) is 17.8. The van der Waals surface area contributed by atoms with Crippen LogP contribution < -0.4 is 0 Å². The van der Waals surface area contributed by atoms with Crippen LogP contribution in [0.5, 0.6) is 0 Å². The zero-order chi connectivity index (χ0) is 17.7. The van der Waals surface area contributed by atoms with E-state index in [2.05, 4.69) is 76.9 Å². The van der Waals surface area contributed by atoms with E-state index in [-0.39, 0.29) is 23.5 Å². The summed E-state index contributed by atoms with van der Waals surface area (Å²) in [5, 5.41) is 9.05. The largest absolute Gasteiger partial charge is 0.509 e. The molecule has 0 amide bonds. The normalized spacial score (nSPS) is 10.1. The van der Waals surface area contributed by atoms with E-state index in [4.69, 9.17) is 14.6 Å². The van der Waals surface area contributed by atoms with Crippen molar-refractivity contribution in [1.29, 1.82) is 0 Å². The van der Waals surface area contributed by atoms with Crippen molar-refractivity contribution >= 4 is 75.7 Å². The Kier molecular flexibility index (Phi) is 7.99. The maximum Gasteiger partial charge on any atom is 0.340 e. The number of hydrogen-bond donors (Lipinski definition) is 1. The van der Waals surface area contributed by atoms with E-state index in [0.717, 1.165) is 0 Å². The second-order valence-corrected chi connectivity index (χ2v) is 7.21. The molecule has 0 atom stereocenters. The molecule has 5 nitrogen and oxygen atoms in total. The van der Waals surface area contributed by atoms with Gasteiger partial charge in [-0.2, -0.15) is 0 Å². The van der Waals surface area contributed by atoms with Crippen LogP contribution in [0.25, 0.3) is 0 Å². The fourth-order valence-electron chi connectivity index (χ4n) is 1.44. The number of hydrogen-bond acceptors (Lipinski definition) is 5. The van der Waals surface area contributed by atoms with Crippen LogP contribution in [0.2, 0.25) is 0 Å². The molecule has 0 heterocycles. The van der Waals surface area contributed by atoms with Crippen LogP contribution in [0, 0.1) is 0 Å². The van der Waals surface area contributed by atoms with E-state index in [1.54, 1.807) is 0 Å². The average Bonchev–Trinajstić information content (AvgIpc) is 2.51. The molecule has 0 aliphatic heterocycles. The quantitative estimate of drug-likeness (QED) is 0.163. The van der Waals surface area contributed by atoms with Crippen molar-refractivity contribution < 1.29 is 24.2 Å². The predicted octanol–water partition coefficient (Wildman–Crippen LogP) is 5.31. The van der Waals surface area contributed by atoms with Crippen molar-refractivity contribution in [3.8, 4) is 0 Å². The number of halogens is 4. The number of aliphatic hydroxyl groups is 1. The number of carbonyl (C=O) groups excluding carboxylic acids is 2. The lowest BCUT2D eigenvalue weighted by Gasteiger charge is -2.15. The first-order valence-electron chi connectivity index (χ1n) is 5.90. The summed E-state index contributed by atoms with van der Waals surface area (Å²) >= 11 is 13.1. The molecule has 0 spiro atoms. The van der Waals surface area contributed by atoms with Gasteiger partial charge in [-0.15, -0.1) is 0 Å². The maximum atomic E-state index is 12.3. The van der Waals surface area contributed by atoms with E-state index >= 15 is 0 Å². The molecule has 0 aromatic heterocycles. The summed E-state index contributed by atoms with van der Waals surface area (Å²) in [7, 11) is 0. The van der Waals surface area contributed by atoms with Crippen LogP contribution in [-0.2, 0) is 9.47 Å². The minimum absolute atomic E-state index is 0.0154. The Bertz CT molecular complexity index is 684. The first-order valence-corrected chi connectivity index (χ1v) is 9.07. The van der Waals surface area contributed by atoms with Gasteiger partial charge in [0, 0.05) is 17.9 Å². The van der Waals surface area contributed by atoms with Crippen molar-refractivity contribution in [2.75, 3.05) is 13.2 Å². The van der Waals surface area contributed by atoms with Gasteiger partial charge in [-0.05, 0) is 63.7 Å². The molecule has 0 aliphatic carbocycles. The summed E-state index contributed by atoms with van der Waals surface area (Å²) < 4.78 is 11.5. The molecule has 0 aliphatic rings. The van der Waals surface area contributed by atoms with Gasteiger partial charge >= 0.3 is 11.9 Å². The van der Waals surface area contributed by atoms with E-state index in [1.165, 1.54) is 6.08 Å². The third-order valence-corrected chi connectivity index (χ3v) is 7.15. The van der Waals surface area contributed by atoms with Crippen LogP contribution in [0.1, 0.15) is 20.7 Å². The van der Waals surface area contributed by atoms with Crippen LogP contribution in [0.15, 0.2) is 42.9 Å². The molecule has 1 aromatic carbocycles. The molecule has 124 valence electrons. The third-order valence-electron chi connectivity index (χ3n) is 2.38. The molecule has 0 fully saturated rings. The van der Waals surface area contributed by atoms with Crippen molar-refractivity contribution in [3.05, 3.63) is 54.0 Å². The molecule has 9 heteroatoms. The molecule has 1 aromatic rings. The van der Waals surface area contributed by atoms with Crippen LogP contribution in [0.4, 0.5) is 0 Å². The molecule has 0 saturated heterocycles. The molecule has 1 rings (SSSR count). The standard InChI is InChI=1S/C14H10Br4O5/c1-3-4-22-13(20)7-8(14(21)23-5-6(2)19)10(16)12(18)11(17)9(7)15/h3,19H,1-2,4-5H2. The Hall–Kier alpha value is -0.640. The minimum atomic E-state index is -0.827. The van der Waals surface area contributed by atoms with Gasteiger partial charge in [0.2, 0.25) is 0 Å². The highest BCUT2D eigenvalue weighted by molar-refractivity contribution is 9.15. The molecule has 1 N–H and O–H groups in total. The minimum Gasteiger partial charge on any atom is -0.509 e. The lowest BCUT2D eigenvalue weighted by Crippen LogP contribution is -2.17. The smallest absolute Gasteiger partial charge is 0.340 e. The molecule has 23 heavy (non-hydrogen) atoms. The second-order valence-electron chi connectivity index (χ2n) is 4.04. The second kappa shape index (κ2) is 9.00. The SMILES string of the molecule is C=CCOC(=O)c1c(Br)c(Br)c(Br)c(Br)c1C(=O)OCC(=C)O. The summed E-state index contributed by atoms with van der Waals surface area (Å²) in [6, 6.07) is 0. The van der Waals surface area contributed by atoms with E-state index < -0.39 is 18.5 Å². The summed E-state index contributed by atoms with van der Waals surface area (Å²) in [4.78, 5) is 24.6. The fourth-order valence-corrected chi connectivity index (χ4v) is 3.88. The van der Waals surface area contributed by atoms with Gasteiger partial charge in [-0.1, -0.05) is 19.2 Å². The first-order chi connectivity index (χ1) is 10.7. The van der Waals surface area contributed by atoms with Crippen molar-refractivity contribution in [2.24, 2.45) is 0 Å². The predicted molar refractivity (Wildman–Crippen MR) is 99.8 cm³/mol. The van der Waals surface area contributed by atoms with Crippen molar-refractivity contribution in [3.63, 3.8) is 0 Å². The highest BCUT2D eigenvalue weighted by Gasteiger charge is 2.29. The molecule has 0 saturated carbocycles. The summed E-state index contributed by atoms with van der Waals surface area (Å²) in [6.07, 6.45) is 1.41. The summed E-state index contributed by atoms with van der Waals surface area (Å²) in [5.41, 5.74) is -0.0791. The number of ether oxygens (including phenoxy) is 2. The number of rotatable bonds is 6. The van der Waals surface area contributed by atoms with E-state index in [0.29, 0.717) is 17.9 Å². The van der Waals surface area contributed by atoms with E-state index in [1.807, 2.05) is 0 Å². The summed E-state index contributed by atoms with van der Waals surface area (Å²) in [6.45, 7) is 6.28. The van der Waals surface area contributed by atoms with Gasteiger partial charge in [-0.3, -0.25) is 0 Å². The fraction of sp³-hybridized carbons (Fsp3) is 0.143. The molecular formula is C14H10Br4O5. The van der Waals surface area contributed by atoms with Gasteiger partial charge in [-0.25, -0.2) is 9.59 Å². The van der Waals surface area contributed by atoms with Gasteiger partial charge in [0.15, 0.2) is 0 Å².